The van der Waals surface area contributed by atoms with E-state index < -0.39 is 0 Å². The molecule has 0 aliphatic heterocycles. The Hall–Kier alpha value is -1.36. The van der Waals surface area contributed by atoms with E-state index in [2.05, 4.69) is 31.0 Å². The molecule has 21 heavy (non-hydrogen) atoms. The van der Waals surface area contributed by atoms with Crippen LogP contribution in [0.15, 0.2) is 30.4 Å². The molecule has 1 aromatic rings. The molecule has 4 nitrogen and oxygen atoms in total. The van der Waals surface area contributed by atoms with Crippen LogP contribution >= 0.6 is 0 Å². The summed E-state index contributed by atoms with van der Waals surface area (Å²) in [5, 5.41) is 3.44. The summed E-state index contributed by atoms with van der Waals surface area (Å²) >= 11 is 0. The highest BCUT2D eigenvalue weighted by Crippen LogP contribution is 2.23. The van der Waals surface area contributed by atoms with Crippen molar-refractivity contribution in [3.8, 4) is 5.75 Å². The zero-order chi connectivity index (χ0) is 15.7. The Morgan fingerprint density at radius 1 is 1.33 bits per heavy atom. The van der Waals surface area contributed by atoms with Crippen LogP contribution in [-0.4, -0.2) is 34.0 Å². The molecule has 0 saturated heterocycles. The van der Waals surface area contributed by atoms with Crippen LogP contribution in [0.5, 0.6) is 5.75 Å². The Morgan fingerprint density at radius 3 is 2.71 bits per heavy atom. The summed E-state index contributed by atoms with van der Waals surface area (Å²) in [5.74, 6) is 0.859. The zero-order valence-corrected chi connectivity index (χ0v) is 13.6. The summed E-state index contributed by atoms with van der Waals surface area (Å²) in [5.41, 5.74) is 3.31. The Bertz CT molecular complexity index is 446. The van der Waals surface area contributed by atoms with Crippen molar-refractivity contribution in [2.45, 2.75) is 26.5 Å². The van der Waals surface area contributed by atoms with Crippen molar-refractivity contribution in [2.75, 3.05) is 34.0 Å². The lowest BCUT2D eigenvalue weighted by atomic mass is 10.0. The maximum absolute atomic E-state index is 5.48. The average molecular weight is 293 g/mol. The molecular weight excluding hydrogens is 266 g/mol. The molecule has 0 heterocycles. The third kappa shape index (κ3) is 6.29. The highest BCUT2D eigenvalue weighted by Gasteiger charge is 2.09. The monoisotopic (exact) mass is 293 g/mol. The molecule has 0 aliphatic rings. The molecule has 1 aromatic carbocycles. The molecule has 1 unspecified atom stereocenters. The van der Waals surface area contributed by atoms with Crippen LogP contribution in [0.4, 0.5) is 0 Å². The topological polar surface area (TPSA) is 39.7 Å². The van der Waals surface area contributed by atoms with Crippen molar-refractivity contribution in [1.29, 1.82) is 0 Å². The van der Waals surface area contributed by atoms with Gasteiger partial charge in [0.15, 0.2) is 0 Å². The molecular formula is C17H27NO3. The predicted octanol–water partition coefficient (Wildman–Crippen LogP) is 3.08. The number of hydrogen-bond donors (Lipinski definition) is 1. The van der Waals surface area contributed by atoms with Crippen molar-refractivity contribution in [2.24, 2.45) is 0 Å². The molecule has 1 rings (SSSR count). The number of ether oxygens (including phenoxy) is 3. The lowest BCUT2D eigenvalue weighted by Crippen LogP contribution is -2.23. The Balaban J connectivity index is 2.51. The van der Waals surface area contributed by atoms with Crippen molar-refractivity contribution < 1.29 is 14.2 Å². The van der Waals surface area contributed by atoms with Crippen molar-refractivity contribution >= 4 is 0 Å². The van der Waals surface area contributed by atoms with E-state index >= 15 is 0 Å². The molecule has 4 heteroatoms. The largest absolute Gasteiger partial charge is 0.496 e. The van der Waals surface area contributed by atoms with Crippen LogP contribution in [0.2, 0.25) is 0 Å². The molecule has 0 spiro atoms. The van der Waals surface area contributed by atoms with Gasteiger partial charge in [-0.15, -0.1) is 0 Å². The maximum atomic E-state index is 5.48. The van der Waals surface area contributed by atoms with E-state index in [1.54, 1.807) is 14.2 Å². The third-order valence-corrected chi connectivity index (χ3v) is 3.15. The van der Waals surface area contributed by atoms with Gasteiger partial charge in [-0.05, 0) is 31.5 Å². The quantitative estimate of drug-likeness (QED) is 0.531. The van der Waals surface area contributed by atoms with Crippen molar-refractivity contribution in [3.05, 3.63) is 41.5 Å². The fourth-order valence-electron chi connectivity index (χ4n) is 2.05. The van der Waals surface area contributed by atoms with E-state index in [4.69, 9.17) is 14.2 Å². The number of methoxy groups -OCH3 is 2. The minimum atomic E-state index is 0.250. The zero-order valence-electron chi connectivity index (χ0n) is 13.6. The van der Waals surface area contributed by atoms with Crippen LogP contribution < -0.4 is 10.1 Å². The van der Waals surface area contributed by atoms with E-state index in [1.807, 2.05) is 13.0 Å². The standard InChI is InChI=1S/C17H27NO3/c1-13(2)11-21-9-8-18-14(3)15-6-7-17(20-5)16(10-15)12-19-4/h6-7,10,14,18H,1,8-9,11-12H2,2-5H3. The second kappa shape index (κ2) is 9.55. The van der Waals surface area contributed by atoms with E-state index in [0.29, 0.717) is 19.8 Å². The Morgan fingerprint density at radius 2 is 2.10 bits per heavy atom. The summed E-state index contributed by atoms with van der Waals surface area (Å²) in [7, 11) is 3.36. The van der Waals surface area contributed by atoms with E-state index in [1.165, 1.54) is 5.56 Å². The molecule has 0 amide bonds. The average Bonchev–Trinajstić information content (AvgIpc) is 2.46. The van der Waals surface area contributed by atoms with Crippen LogP contribution in [0, 0.1) is 0 Å². The van der Waals surface area contributed by atoms with E-state index in [-0.39, 0.29) is 6.04 Å². The molecule has 1 N–H and O–H groups in total. The number of benzene rings is 1. The van der Waals surface area contributed by atoms with Gasteiger partial charge < -0.3 is 19.5 Å². The van der Waals surface area contributed by atoms with Crippen LogP contribution in [0.1, 0.15) is 31.0 Å². The van der Waals surface area contributed by atoms with Crippen molar-refractivity contribution in [3.63, 3.8) is 0 Å². The van der Waals surface area contributed by atoms with Gasteiger partial charge in [0, 0.05) is 25.3 Å². The van der Waals surface area contributed by atoms with Gasteiger partial charge in [-0.25, -0.2) is 0 Å². The first-order chi connectivity index (χ1) is 10.1. The first-order valence-corrected chi connectivity index (χ1v) is 7.19. The molecule has 118 valence electrons. The van der Waals surface area contributed by atoms with Gasteiger partial charge in [0.1, 0.15) is 5.75 Å². The second-order valence-corrected chi connectivity index (χ2v) is 5.19. The molecule has 1 atom stereocenters. The van der Waals surface area contributed by atoms with Gasteiger partial charge in [0.05, 0.1) is 26.9 Å². The van der Waals surface area contributed by atoms with Gasteiger partial charge in [-0.1, -0.05) is 18.2 Å². The number of hydrogen-bond acceptors (Lipinski definition) is 4. The van der Waals surface area contributed by atoms with Gasteiger partial charge in [0.25, 0.3) is 0 Å². The van der Waals surface area contributed by atoms with Crippen LogP contribution in [0.3, 0.4) is 0 Å². The van der Waals surface area contributed by atoms with Gasteiger partial charge >= 0.3 is 0 Å². The molecule has 0 fully saturated rings. The molecule has 0 bridgehead atoms. The summed E-state index contributed by atoms with van der Waals surface area (Å²) < 4.78 is 16.0. The van der Waals surface area contributed by atoms with Gasteiger partial charge in [-0.3, -0.25) is 0 Å². The van der Waals surface area contributed by atoms with Crippen LogP contribution in [0.25, 0.3) is 0 Å². The minimum Gasteiger partial charge on any atom is -0.496 e. The highest BCUT2D eigenvalue weighted by atomic mass is 16.5. The molecule has 0 radical (unpaired) electrons. The molecule has 0 aromatic heterocycles. The third-order valence-electron chi connectivity index (χ3n) is 3.15. The number of rotatable bonds is 10. The summed E-state index contributed by atoms with van der Waals surface area (Å²) in [6, 6.07) is 6.43. The summed E-state index contributed by atoms with van der Waals surface area (Å²) in [6.45, 7) is 10.6. The molecule has 0 aliphatic carbocycles. The van der Waals surface area contributed by atoms with E-state index in [9.17, 15) is 0 Å². The number of nitrogens with one attached hydrogen (secondary N) is 1. The molecule has 0 saturated carbocycles. The fourth-order valence-corrected chi connectivity index (χ4v) is 2.05. The van der Waals surface area contributed by atoms with Gasteiger partial charge in [-0.2, -0.15) is 0 Å². The maximum Gasteiger partial charge on any atom is 0.124 e. The first-order valence-electron chi connectivity index (χ1n) is 7.19. The Kier molecular flexibility index (Phi) is 8.05. The Labute approximate surface area is 128 Å². The first kappa shape index (κ1) is 17.7. The minimum absolute atomic E-state index is 0.250. The van der Waals surface area contributed by atoms with Crippen molar-refractivity contribution in [1.82, 2.24) is 5.32 Å². The smallest absolute Gasteiger partial charge is 0.124 e. The van der Waals surface area contributed by atoms with Crippen LogP contribution in [-0.2, 0) is 16.1 Å². The van der Waals surface area contributed by atoms with Gasteiger partial charge in [0.2, 0.25) is 0 Å². The lowest BCUT2D eigenvalue weighted by Gasteiger charge is -2.17. The predicted molar refractivity (Wildman–Crippen MR) is 85.8 cm³/mol. The summed E-state index contributed by atoms with van der Waals surface area (Å²) in [4.78, 5) is 0. The summed E-state index contributed by atoms with van der Waals surface area (Å²) in [6.07, 6.45) is 0. The SMILES string of the molecule is C=C(C)COCCNC(C)c1ccc(OC)c(COC)c1. The second-order valence-electron chi connectivity index (χ2n) is 5.19. The lowest BCUT2D eigenvalue weighted by molar-refractivity contribution is 0.156. The highest BCUT2D eigenvalue weighted by molar-refractivity contribution is 5.38. The van der Waals surface area contributed by atoms with E-state index in [0.717, 1.165) is 23.4 Å². The normalized spacial score (nSPS) is 12.2. The fraction of sp³-hybridized carbons (Fsp3) is 0.529.